The average Bonchev–Trinajstić information content (AvgIpc) is 2.60. The number of nitrogens with two attached hydrogens (primary N) is 1. The number of nitrogens with zero attached hydrogens (tertiary/aromatic N) is 1. The molecule has 1 aromatic carbocycles. The summed E-state index contributed by atoms with van der Waals surface area (Å²) in [7, 11) is 0. The van der Waals surface area contributed by atoms with Gasteiger partial charge in [-0.15, -0.1) is 24.8 Å². The van der Waals surface area contributed by atoms with Crippen LogP contribution < -0.4 is 16.4 Å². The molecule has 142 valence electrons. The lowest BCUT2D eigenvalue weighted by Gasteiger charge is -2.32. The van der Waals surface area contributed by atoms with Crippen LogP contribution in [-0.4, -0.2) is 55.5 Å². The summed E-state index contributed by atoms with van der Waals surface area (Å²) >= 11 is 0. The van der Waals surface area contributed by atoms with E-state index in [9.17, 15) is 9.59 Å². The fourth-order valence-electron chi connectivity index (χ4n) is 2.76. The topological polar surface area (TPSA) is 87.5 Å². The van der Waals surface area contributed by atoms with Crippen molar-refractivity contribution in [2.24, 2.45) is 5.73 Å². The van der Waals surface area contributed by atoms with Crippen LogP contribution in [0.5, 0.6) is 0 Å². The molecule has 6 nitrogen and oxygen atoms in total. The Bertz CT molecular complexity index is 509. The Morgan fingerprint density at radius 3 is 2.32 bits per heavy atom. The predicted molar refractivity (Wildman–Crippen MR) is 104 cm³/mol. The minimum atomic E-state index is -0.309. The van der Waals surface area contributed by atoms with Crippen molar-refractivity contribution in [2.75, 3.05) is 32.7 Å². The molecule has 0 aliphatic carbocycles. The van der Waals surface area contributed by atoms with E-state index in [2.05, 4.69) is 39.8 Å². The van der Waals surface area contributed by atoms with Gasteiger partial charge in [-0.1, -0.05) is 30.3 Å². The number of amides is 2. The maximum atomic E-state index is 11.7. The summed E-state index contributed by atoms with van der Waals surface area (Å²) in [6, 6.07) is 10.7. The number of hydrogen-bond acceptors (Lipinski definition) is 4. The van der Waals surface area contributed by atoms with E-state index in [1.807, 2.05) is 6.07 Å². The summed E-state index contributed by atoms with van der Waals surface area (Å²) < 4.78 is 0. The maximum Gasteiger partial charge on any atom is 0.239 e. The van der Waals surface area contributed by atoms with E-state index in [4.69, 9.17) is 5.73 Å². The molecule has 0 aromatic heterocycles. The number of carbonyl (C=O) groups is 2. The summed E-state index contributed by atoms with van der Waals surface area (Å²) in [5, 5.41) is 5.45. The number of rotatable bonds is 7. The van der Waals surface area contributed by atoms with Crippen LogP contribution in [0.4, 0.5) is 0 Å². The zero-order valence-electron chi connectivity index (χ0n) is 14.3. The first kappa shape index (κ1) is 23.7. The molecule has 1 heterocycles. The van der Waals surface area contributed by atoms with Gasteiger partial charge in [0.1, 0.15) is 0 Å². The third-order valence-electron chi connectivity index (χ3n) is 4.14. The molecule has 25 heavy (non-hydrogen) atoms. The second-order valence-electron chi connectivity index (χ2n) is 5.90. The maximum absolute atomic E-state index is 11.7. The Labute approximate surface area is 161 Å². The Balaban J connectivity index is 0.00000288. The molecule has 1 aromatic rings. The Morgan fingerprint density at radius 1 is 1.08 bits per heavy atom. The highest BCUT2D eigenvalue weighted by atomic mass is 35.5. The van der Waals surface area contributed by atoms with Crippen molar-refractivity contribution in [3.05, 3.63) is 35.9 Å². The molecule has 0 bridgehead atoms. The molecule has 0 unspecified atom stereocenters. The van der Waals surface area contributed by atoms with Gasteiger partial charge < -0.3 is 21.3 Å². The van der Waals surface area contributed by atoms with Gasteiger partial charge in [-0.2, -0.15) is 0 Å². The second-order valence-corrected chi connectivity index (χ2v) is 5.90. The number of halogens is 2. The zero-order chi connectivity index (χ0) is 16.5. The van der Waals surface area contributed by atoms with Crippen LogP contribution in [0.3, 0.4) is 0 Å². The molecule has 0 atom stereocenters. The molecule has 2 rings (SSSR count). The van der Waals surface area contributed by atoms with Gasteiger partial charge in [-0.3, -0.25) is 9.59 Å². The number of nitrogens with one attached hydrogen (secondary N) is 2. The summed E-state index contributed by atoms with van der Waals surface area (Å²) in [5.74, 6) is -0.453. The third-order valence-corrected chi connectivity index (χ3v) is 4.14. The lowest BCUT2D eigenvalue weighted by atomic mass is 10.0. The molecule has 1 aliphatic rings. The van der Waals surface area contributed by atoms with E-state index >= 15 is 0 Å². The molecule has 4 N–H and O–H groups in total. The summed E-state index contributed by atoms with van der Waals surface area (Å²) in [6.07, 6.45) is 2.96. The smallest absolute Gasteiger partial charge is 0.239 e. The van der Waals surface area contributed by atoms with E-state index in [1.165, 1.54) is 5.56 Å². The van der Waals surface area contributed by atoms with E-state index in [-0.39, 0.29) is 55.8 Å². The molecule has 1 aliphatic heterocycles. The minimum Gasteiger partial charge on any atom is -0.352 e. The highest BCUT2D eigenvalue weighted by Crippen LogP contribution is 2.11. The lowest BCUT2D eigenvalue weighted by Crippen LogP contribution is -2.48. The molecule has 0 saturated carbocycles. The number of hydrogen-bond donors (Lipinski definition) is 3. The van der Waals surface area contributed by atoms with Crippen molar-refractivity contribution in [1.29, 1.82) is 0 Å². The second kappa shape index (κ2) is 12.9. The normalized spacial score (nSPS) is 14.8. The Morgan fingerprint density at radius 2 is 1.72 bits per heavy atom. The van der Waals surface area contributed by atoms with Crippen molar-refractivity contribution in [2.45, 2.75) is 25.3 Å². The van der Waals surface area contributed by atoms with Crippen molar-refractivity contribution in [3.8, 4) is 0 Å². The van der Waals surface area contributed by atoms with Crippen molar-refractivity contribution in [3.63, 3.8) is 0 Å². The van der Waals surface area contributed by atoms with Crippen molar-refractivity contribution >= 4 is 36.6 Å². The van der Waals surface area contributed by atoms with Crippen LogP contribution in [0, 0.1) is 0 Å². The van der Waals surface area contributed by atoms with Gasteiger partial charge >= 0.3 is 0 Å². The van der Waals surface area contributed by atoms with Gasteiger partial charge in [-0.25, -0.2) is 0 Å². The quantitative estimate of drug-likeness (QED) is 0.640. The van der Waals surface area contributed by atoms with Gasteiger partial charge in [0.2, 0.25) is 11.8 Å². The van der Waals surface area contributed by atoms with Gasteiger partial charge in [0.25, 0.3) is 0 Å². The molecule has 1 saturated heterocycles. The number of benzene rings is 1. The summed E-state index contributed by atoms with van der Waals surface area (Å²) in [4.78, 5) is 25.2. The van der Waals surface area contributed by atoms with Crippen molar-refractivity contribution < 1.29 is 9.59 Å². The van der Waals surface area contributed by atoms with Gasteiger partial charge in [0, 0.05) is 25.7 Å². The summed E-state index contributed by atoms with van der Waals surface area (Å²) in [5.41, 5.74) is 6.54. The molecule has 0 spiro atoms. The van der Waals surface area contributed by atoms with Crippen LogP contribution in [0.15, 0.2) is 30.3 Å². The summed E-state index contributed by atoms with van der Waals surface area (Å²) in [6.45, 7) is 2.95. The fourth-order valence-corrected chi connectivity index (χ4v) is 2.76. The van der Waals surface area contributed by atoms with E-state index < -0.39 is 0 Å². The van der Waals surface area contributed by atoms with Crippen LogP contribution >= 0.6 is 24.8 Å². The number of likely N-dealkylation sites (tertiary alicyclic amines) is 1. The number of piperidine rings is 1. The monoisotopic (exact) mass is 390 g/mol. The van der Waals surface area contributed by atoms with Crippen LogP contribution in [-0.2, 0) is 16.0 Å². The van der Waals surface area contributed by atoms with Gasteiger partial charge in [-0.05, 0) is 24.8 Å². The standard InChI is InChI=1S/C17H26N4O2.2ClH/c18-12-16(22)19-13-17(23)20-15-7-10-21(11-8-15)9-6-14-4-2-1-3-5-14;;/h1-5,15H,6-13,18H2,(H,19,22)(H,20,23);2*1H. The van der Waals surface area contributed by atoms with E-state index in [1.54, 1.807) is 0 Å². The first-order valence-electron chi connectivity index (χ1n) is 8.20. The lowest BCUT2D eigenvalue weighted by molar-refractivity contribution is -0.125. The van der Waals surface area contributed by atoms with Crippen molar-refractivity contribution in [1.82, 2.24) is 15.5 Å². The fraction of sp³-hybridized carbons (Fsp3) is 0.529. The molecule has 2 amide bonds. The zero-order valence-corrected chi connectivity index (χ0v) is 15.9. The Hall–Kier alpha value is -1.34. The molecule has 0 radical (unpaired) electrons. The largest absolute Gasteiger partial charge is 0.352 e. The average molecular weight is 391 g/mol. The minimum absolute atomic E-state index is 0. The molecular weight excluding hydrogens is 363 g/mol. The Kier molecular flexibility index (Phi) is 12.2. The molecule has 1 fully saturated rings. The highest BCUT2D eigenvalue weighted by Gasteiger charge is 2.20. The molecule has 8 heteroatoms. The van der Waals surface area contributed by atoms with Gasteiger partial charge in [0.05, 0.1) is 13.1 Å². The predicted octanol–water partition coefficient (Wildman–Crippen LogP) is 0.728. The van der Waals surface area contributed by atoms with Gasteiger partial charge in [0.15, 0.2) is 0 Å². The van der Waals surface area contributed by atoms with Crippen LogP contribution in [0.25, 0.3) is 0 Å². The van der Waals surface area contributed by atoms with Crippen LogP contribution in [0.2, 0.25) is 0 Å². The van der Waals surface area contributed by atoms with Crippen LogP contribution in [0.1, 0.15) is 18.4 Å². The third kappa shape index (κ3) is 9.07. The molecular formula is C17H28Cl2N4O2. The SMILES string of the molecule is Cl.Cl.NCC(=O)NCC(=O)NC1CCN(CCc2ccccc2)CC1. The van der Waals surface area contributed by atoms with E-state index in [0.29, 0.717) is 0 Å². The number of carbonyl (C=O) groups excluding carboxylic acids is 2. The van der Waals surface area contributed by atoms with E-state index in [0.717, 1.165) is 38.9 Å². The first-order valence-corrected chi connectivity index (χ1v) is 8.20. The first-order chi connectivity index (χ1) is 11.2. The highest BCUT2D eigenvalue weighted by molar-refractivity contribution is 5.86.